The zero-order valence-electron chi connectivity index (χ0n) is 19.8. The summed E-state index contributed by atoms with van der Waals surface area (Å²) in [5.74, 6) is 0.351. The second kappa shape index (κ2) is 12.9. The van der Waals surface area contributed by atoms with Crippen molar-refractivity contribution in [3.05, 3.63) is 65.7 Å². The number of benzene rings is 2. The Morgan fingerprint density at radius 3 is 2.41 bits per heavy atom. The molecule has 8 heteroatoms. The van der Waals surface area contributed by atoms with Gasteiger partial charge in [-0.05, 0) is 81.3 Å². The summed E-state index contributed by atoms with van der Waals surface area (Å²) < 4.78 is 33.7. The highest BCUT2D eigenvalue weighted by molar-refractivity contribution is 7.89. The lowest BCUT2D eigenvalue weighted by Crippen LogP contribution is -2.43. The number of nitrogens with one attached hydrogen (secondary N) is 2. The molecule has 0 aromatic heterocycles. The molecule has 0 bridgehead atoms. The Morgan fingerprint density at radius 1 is 1.09 bits per heavy atom. The fourth-order valence-corrected chi connectivity index (χ4v) is 5.54. The van der Waals surface area contributed by atoms with Crippen LogP contribution in [0, 0.1) is 5.92 Å². The molecule has 0 amide bonds. The standard InChI is InChI=1S/C26H36N2O5S/c1-20(23-8-3-2-4-9-23)34(31,32)28-25(26(29)30)19-22-10-12-24(13-11-22)33-18-6-5-7-21-14-16-27-17-15-21/h2-4,8-13,20-21,25,27-28H,5-7,14-19H2,1H3,(H,29,30). The van der Waals surface area contributed by atoms with E-state index in [4.69, 9.17) is 4.74 Å². The Hall–Kier alpha value is -2.42. The van der Waals surface area contributed by atoms with Crippen molar-refractivity contribution in [2.24, 2.45) is 5.92 Å². The van der Waals surface area contributed by atoms with Crippen LogP contribution in [0.2, 0.25) is 0 Å². The Balaban J connectivity index is 1.47. The molecule has 2 aromatic rings. The van der Waals surface area contributed by atoms with Crippen LogP contribution in [0.4, 0.5) is 0 Å². The number of hydrogen-bond acceptors (Lipinski definition) is 5. The van der Waals surface area contributed by atoms with Crippen LogP contribution in [0.5, 0.6) is 5.75 Å². The lowest BCUT2D eigenvalue weighted by molar-refractivity contribution is -0.138. The minimum absolute atomic E-state index is 0.0482. The van der Waals surface area contributed by atoms with Gasteiger partial charge in [0.15, 0.2) is 0 Å². The molecule has 1 fully saturated rings. The summed E-state index contributed by atoms with van der Waals surface area (Å²) in [6, 6.07) is 14.7. The van der Waals surface area contributed by atoms with Crippen LogP contribution in [0.15, 0.2) is 54.6 Å². The smallest absolute Gasteiger partial charge is 0.322 e. The van der Waals surface area contributed by atoms with Crippen LogP contribution >= 0.6 is 0 Å². The van der Waals surface area contributed by atoms with Crippen LogP contribution in [0.1, 0.15) is 55.4 Å². The molecule has 2 unspecified atom stereocenters. The van der Waals surface area contributed by atoms with Gasteiger partial charge in [-0.15, -0.1) is 0 Å². The molecule has 0 radical (unpaired) electrons. The maximum atomic E-state index is 12.8. The van der Waals surface area contributed by atoms with Gasteiger partial charge in [-0.3, -0.25) is 4.79 Å². The fraction of sp³-hybridized carbons (Fsp3) is 0.500. The Bertz CT molecular complexity index is 990. The van der Waals surface area contributed by atoms with E-state index < -0.39 is 27.3 Å². The first-order valence-electron chi connectivity index (χ1n) is 12.1. The van der Waals surface area contributed by atoms with Gasteiger partial charge in [-0.2, -0.15) is 0 Å². The number of unbranched alkanes of at least 4 members (excludes halogenated alkanes) is 1. The van der Waals surface area contributed by atoms with E-state index in [2.05, 4.69) is 10.0 Å². The minimum atomic E-state index is -3.87. The van der Waals surface area contributed by atoms with Gasteiger partial charge in [-0.25, -0.2) is 13.1 Å². The molecule has 1 saturated heterocycles. The number of sulfonamides is 1. The second-order valence-electron chi connectivity index (χ2n) is 8.99. The van der Waals surface area contributed by atoms with Crippen molar-refractivity contribution in [3.63, 3.8) is 0 Å². The molecule has 7 nitrogen and oxygen atoms in total. The SMILES string of the molecule is CC(c1ccccc1)S(=O)(=O)NC(Cc1ccc(OCCCCC2CCNCC2)cc1)C(=O)O. The molecule has 3 rings (SSSR count). The molecule has 3 N–H and O–H groups in total. The summed E-state index contributed by atoms with van der Waals surface area (Å²) in [5, 5.41) is 12.1. The predicted molar refractivity (Wildman–Crippen MR) is 133 cm³/mol. The van der Waals surface area contributed by atoms with Crippen LogP contribution in [-0.2, 0) is 21.2 Å². The average Bonchev–Trinajstić information content (AvgIpc) is 2.85. The van der Waals surface area contributed by atoms with Crippen molar-refractivity contribution in [1.82, 2.24) is 10.0 Å². The molecular weight excluding hydrogens is 452 g/mol. The molecular formula is C26H36N2O5S. The number of piperidine rings is 1. The van der Waals surface area contributed by atoms with E-state index in [1.165, 1.54) is 19.3 Å². The summed E-state index contributed by atoms with van der Waals surface area (Å²) in [5.41, 5.74) is 1.33. The van der Waals surface area contributed by atoms with Crippen LogP contribution in [0.25, 0.3) is 0 Å². The van der Waals surface area contributed by atoms with Gasteiger partial charge in [0.1, 0.15) is 11.8 Å². The van der Waals surface area contributed by atoms with E-state index in [9.17, 15) is 18.3 Å². The summed E-state index contributed by atoms with van der Waals surface area (Å²) in [6.45, 7) is 4.46. The maximum absolute atomic E-state index is 12.8. The Kier molecular flexibility index (Phi) is 9.92. The van der Waals surface area contributed by atoms with E-state index in [0.717, 1.165) is 43.2 Å². The molecule has 0 aliphatic carbocycles. The first-order valence-corrected chi connectivity index (χ1v) is 13.6. The molecule has 34 heavy (non-hydrogen) atoms. The normalized spacial score (nSPS) is 16.6. The molecule has 0 saturated carbocycles. The van der Waals surface area contributed by atoms with Gasteiger partial charge >= 0.3 is 5.97 Å². The summed E-state index contributed by atoms with van der Waals surface area (Å²) >= 11 is 0. The number of aliphatic carboxylic acids is 1. The van der Waals surface area contributed by atoms with Gasteiger partial charge in [0.25, 0.3) is 0 Å². The molecule has 0 spiro atoms. The Labute approximate surface area is 203 Å². The molecule has 186 valence electrons. The van der Waals surface area contributed by atoms with Gasteiger partial charge in [0.05, 0.1) is 11.9 Å². The lowest BCUT2D eigenvalue weighted by Gasteiger charge is -2.22. The molecule has 1 aliphatic heterocycles. The highest BCUT2D eigenvalue weighted by atomic mass is 32.2. The van der Waals surface area contributed by atoms with Crippen molar-refractivity contribution in [1.29, 1.82) is 0 Å². The third-order valence-electron chi connectivity index (χ3n) is 6.44. The van der Waals surface area contributed by atoms with E-state index in [-0.39, 0.29) is 6.42 Å². The number of carbonyl (C=O) groups is 1. The first kappa shape index (κ1) is 26.2. The number of hydrogen-bond donors (Lipinski definition) is 3. The van der Waals surface area contributed by atoms with Crippen LogP contribution < -0.4 is 14.8 Å². The van der Waals surface area contributed by atoms with Crippen LogP contribution in [0.3, 0.4) is 0 Å². The topological polar surface area (TPSA) is 105 Å². The predicted octanol–water partition coefficient (Wildman–Crippen LogP) is 3.91. The van der Waals surface area contributed by atoms with E-state index >= 15 is 0 Å². The highest BCUT2D eigenvalue weighted by Gasteiger charge is 2.29. The lowest BCUT2D eigenvalue weighted by atomic mass is 9.93. The third-order valence-corrected chi connectivity index (χ3v) is 8.25. The zero-order valence-corrected chi connectivity index (χ0v) is 20.6. The number of rotatable bonds is 13. The quantitative estimate of drug-likeness (QED) is 0.369. The largest absolute Gasteiger partial charge is 0.494 e. The summed E-state index contributed by atoms with van der Waals surface area (Å²) in [7, 11) is -3.87. The molecule has 1 heterocycles. The number of carboxylic acids is 1. The fourth-order valence-electron chi connectivity index (χ4n) is 4.24. The van der Waals surface area contributed by atoms with Gasteiger partial charge < -0.3 is 15.2 Å². The third kappa shape index (κ3) is 8.11. The monoisotopic (exact) mass is 488 g/mol. The van der Waals surface area contributed by atoms with Crippen molar-refractivity contribution in [2.45, 2.75) is 56.7 Å². The number of carboxylic acid groups (broad SMARTS) is 1. The van der Waals surface area contributed by atoms with Crippen molar-refractivity contribution < 1.29 is 23.1 Å². The average molecular weight is 489 g/mol. The van der Waals surface area contributed by atoms with Crippen molar-refractivity contribution in [2.75, 3.05) is 19.7 Å². The molecule has 2 atom stereocenters. The van der Waals surface area contributed by atoms with E-state index in [1.54, 1.807) is 49.4 Å². The van der Waals surface area contributed by atoms with Crippen molar-refractivity contribution in [3.8, 4) is 5.75 Å². The second-order valence-corrected chi connectivity index (χ2v) is 11.0. The van der Waals surface area contributed by atoms with Crippen molar-refractivity contribution >= 4 is 16.0 Å². The Morgan fingerprint density at radius 2 is 1.76 bits per heavy atom. The molecule has 2 aromatic carbocycles. The van der Waals surface area contributed by atoms with Gasteiger partial charge in [0.2, 0.25) is 10.0 Å². The highest BCUT2D eigenvalue weighted by Crippen LogP contribution is 2.22. The van der Waals surface area contributed by atoms with Crippen LogP contribution in [-0.4, -0.2) is 45.2 Å². The van der Waals surface area contributed by atoms with E-state index in [1.807, 2.05) is 12.1 Å². The summed E-state index contributed by atoms with van der Waals surface area (Å²) in [4.78, 5) is 11.8. The first-order chi connectivity index (χ1) is 16.3. The molecule has 1 aliphatic rings. The van der Waals surface area contributed by atoms with E-state index in [0.29, 0.717) is 12.2 Å². The van der Waals surface area contributed by atoms with Gasteiger partial charge in [0, 0.05) is 0 Å². The maximum Gasteiger partial charge on any atom is 0.322 e. The summed E-state index contributed by atoms with van der Waals surface area (Å²) in [6.07, 6.45) is 5.99. The number of ether oxygens (including phenoxy) is 1. The zero-order chi connectivity index (χ0) is 24.4. The van der Waals surface area contributed by atoms with Gasteiger partial charge in [-0.1, -0.05) is 48.9 Å². The minimum Gasteiger partial charge on any atom is -0.494 e.